The molecule has 0 bridgehead atoms. The fraction of sp³-hybridized carbons (Fsp3) is 0.167. The summed E-state index contributed by atoms with van der Waals surface area (Å²) in [6, 6.07) is 20.0. The molecule has 0 aliphatic carbocycles. The first kappa shape index (κ1) is 21.4. The minimum atomic E-state index is -0.123. The number of thioether (sulfide) groups is 1. The molecule has 0 unspecified atom stereocenters. The summed E-state index contributed by atoms with van der Waals surface area (Å²) in [5.74, 6) is 2.75. The molecule has 0 aliphatic heterocycles. The zero-order chi connectivity index (χ0) is 22.8. The van der Waals surface area contributed by atoms with Crippen molar-refractivity contribution in [2.24, 2.45) is 0 Å². The Bertz CT molecular complexity index is 1460. The highest BCUT2D eigenvalue weighted by molar-refractivity contribution is 7.98. The van der Waals surface area contributed by atoms with Crippen molar-refractivity contribution in [3.8, 4) is 16.2 Å². The van der Waals surface area contributed by atoms with Gasteiger partial charge < -0.3 is 14.3 Å². The molecule has 0 fully saturated rings. The van der Waals surface area contributed by atoms with Gasteiger partial charge in [-0.1, -0.05) is 42.1 Å². The summed E-state index contributed by atoms with van der Waals surface area (Å²) in [5, 5.41) is 9.35. The van der Waals surface area contributed by atoms with E-state index in [1.807, 2.05) is 55.5 Å². The van der Waals surface area contributed by atoms with E-state index in [-0.39, 0.29) is 5.56 Å². The van der Waals surface area contributed by atoms with Gasteiger partial charge in [0.25, 0.3) is 5.56 Å². The molecule has 3 aromatic heterocycles. The summed E-state index contributed by atoms with van der Waals surface area (Å²) in [6.45, 7) is 2.64. The maximum atomic E-state index is 12.7. The molecule has 7 nitrogen and oxygen atoms in total. The Balaban J connectivity index is 1.37. The van der Waals surface area contributed by atoms with E-state index in [1.165, 1.54) is 28.7 Å². The lowest BCUT2D eigenvalue weighted by Crippen LogP contribution is -2.10. The molecule has 0 aliphatic rings. The van der Waals surface area contributed by atoms with Crippen LogP contribution >= 0.6 is 23.1 Å². The van der Waals surface area contributed by atoms with E-state index in [0.29, 0.717) is 28.3 Å². The summed E-state index contributed by atoms with van der Waals surface area (Å²) >= 11 is 2.95. The van der Waals surface area contributed by atoms with Gasteiger partial charge in [0.1, 0.15) is 22.1 Å². The van der Waals surface area contributed by atoms with Crippen LogP contribution in [0.25, 0.3) is 20.7 Å². The Morgan fingerprint density at radius 3 is 2.64 bits per heavy atom. The van der Waals surface area contributed by atoms with E-state index in [2.05, 4.69) is 31.9 Å². The minimum absolute atomic E-state index is 0.123. The number of fused-ring (bicyclic) bond motifs is 1. The highest BCUT2D eigenvalue weighted by Crippen LogP contribution is 2.32. The number of thiophene rings is 1. The van der Waals surface area contributed by atoms with Crippen LogP contribution in [0.2, 0.25) is 0 Å². The zero-order valence-electron chi connectivity index (χ0n) is 18.1. The molecular formula is C24H21N5O2S2. The van der Waals surface area contributed by atoms with Crippen molar-refractivity contribution in [3.63, 3.8) is 0 Å². The van der Waals surface area contributed by atoms with Gasteiger partial charge in [-0.15, -0.1) is 21.5 Å². The van der Waals surface area contributed by atoms with Crippen LogP contribution in [0.3, 0.4) is 0 Å². The second kappa shape index (κ2) is 9.21. The van der Waals surface area contributed by atoms with Gasteiger partial charge in [0.15, 0.2) is 5.16 Å². The van der Waals surface area contributed by atoms with Crippen LogP contribution in [0.4, 0.5) is 0 Å². The topological polar surface area (TPSA) is 85.7 Å². The van der Waals surface area contributed by atoms with Gasteiger partial charge in [-0.2, -0.15) is 0 Å². The lowest BCUT2D eigenvalue weighted by Gasteiger charge is -2.08. The van der Waals surface area contributed by atoms with E-state index in [0.717, 1.165) is 27.2 Å². The molecule has 0 saturated heterocycles. The van der Waals surface area contributed by atoms with Crippen molar-refractivity contribution >= 4 is 33.3 Å². The van der Waals surface area contributed by atoms with Gasteiger partial charge in [-0.3, -0.25) is 4.79 Å². The molecule has 0 saturated carbocycles. The summed E-state index contributed by atoms with van der Waals surface area (Å²) < 4.78 is 7.92. The highest BCUT2D eigenvalue weighted by atomic mass is 32.2. The smallest absolute Gasteiger partial charge is 0.268 e. The molecule has 33 heavy (non-hydrogen) atoms. The Hall–Kier alpha value is -3.43. The molecule has 5 rings (SSSR count). The van der Waals surface area contributed by atoms with Crippen molar-refractivity contribution in [2.45, 2.75) is 24.4 Å². The first-order chi connectivity index (χ1) is 16.1. The number of ether oxygens (including phenoxy) is 1. The maximum absolute atomic E-state index is 12.7. The molecule has 3 heterocycles. The second-order valence-corrected chi connectivity index (χ2v) is 9.45. The minimum Gasteiger partial charge on any atom is -0.497 e. The number of rotatable bonds is 7. The number of nitrogens with zero attached hydrogens (tertiary/aromatic N) is 4. The number of H-pyrrole nitrogens is 1. The number of aromatic nitrogens is 5. The third-order valence-electron chi connectivity index (χ3n) is 5.23. The molecule has 0 radical (unpaired) electrons. The third kappa shape index (κ3) is 4.55. The number of methoxy groups -OCH3 is 1. The standard InChI is InChI=1S/C24H21N5O2S2/c1-15-27-28-24(29(15)13-16-6-4-3-5-7-16)32-14-21-25-19-12-20(33-22(19)23(30)26-21)17-8-10-18(31-2)11-9-17/h3-12H,13-14H2,1-2H3,(H,25,26,30). The van der Waals surface area contributed by atoms with E-state index in [4.69, 9.17) is 9.72 Å². The molecule has 0 atom stereocenters. The number of aromatic amines is 1. The summed E-state index contributed by atoms with van der Waals surface area (Å²) in [4.78, 5) is 21.3. The number of benzene rings is 2. The van der Waals surface area contributed by atoms with Crippen LogP contribution in [0, 0.1) is 6.92 Å². The first-order valence-electron chi connectivity index (χ1n) is 10.3. The number of nitrogens with one attached hydrogen (secondary N) is 1. The van der Waals surface area contributed by atoms with Gasteiger partial charge in [-0.05, 0) is 48.4 Å². The molecule has 0 amide bonds. The van der Waals surface area contributed by atoms with Crippen LogP contribution in [0.1, 0.15) is 17.2 Å². The van der Waals surface area contributed by atoms with E-state index in [9.17, 15) is 4.79 Å². The molecule has 2 aromatic carbocycles. The predicted octanol–water partition coefficient (Wildman–Crippen LogP) is 4.90. The lowest BCUT2D eigenvalue weighted by molar-refractivity contribution is 0.415. The van der Waals surface area contributed by atoms with Crippen LogP contribution in [0.15, 0.2) is 70.6 Å². The van der Waals surface area contributed by atoms with Gasteiger partial charge >= 0.3 is 0 Å². The molecule has 5 aromatic rings. The Morgan fingerprint density at radius 1 is 1.09 bits per heavy atom. The monoisotopic (exact) mass is 475 g/mol. The van der Waals surface area contributed by atoms with Crippen molar-refractivity contribution < 1.29 is 4.74 Å². The molecule has 0 spiro atoms. The zero-order valence-corrected chi connectivity index (χ0v) is 19.7. The van der Waals surface area contributed by atoms with Crippen molar-refractivity contribution in [1.29, 1.82) is 0 Å². The average molecular weight is 476 g/mol. The summed E-state index contributed by atoms with van der Waals surface area (Å²) in [7, 11) is 1.64. The van der Waals surface area contributed by atoms with Crippen LogP contribution in [-0.4, -0.2) is 31.8 Å². The van der Waals surface area contributed by atoms with Crippen molar-refractivity contribution in [3.05, 3.63) is 88.2 Å². The molecule has 166 valence electrons. The summed E-state index contributed by atoms with van der Waals surface area (Å²) in [6.07, 6.45) is 0. The molecule has 1 N–H and O–H groups in total. The van der Waals surface area contributed by atoms with E-state index < -0.39 is 0 Å². The van der Waals surface area contributed by atoms with Gasteiger partial charge in [0.05, 0.1) is 24.9 Å². The number of hydrogen-bond donors (Lipinski definition) is 1. The Kier molecular flexibility index (Phi) is 5.97. The fourth-order valence-electron chi connectivity index (χ4n) is 3.50. The van der Waals surface area contributed by atoms with Gasteiger partial charge in [0, 0.05) is 4.88 Å². The maximum Gasteiger partial charge on any atom is 0.268 e. The lowest BCUT2D eigenvalue weighted by atomic mass is 10.2. The van der Waals surface area contributed by atoms with Gasteiger partial charge in [0.2, 0.25) is 0 Å². The Labute approximate surface area is 198 Å². The van der Waals surface area contributed by atoms with Crippen LogP contribution < -0.4 is 10.3 Å². The second-order valence-electron chi connectivity index (χ2n) is 7.46. The van der Waals surface area contributed by atoms with Crippen molar-refractivity contribution in [2.75, 3.05) is 7.11 Å². The van der Waals surface area contributed by atoms with Crippen molar-refractivity contribution in [1.82, 2.24) is 24.7 Å². The van der Waals surface area contributed by atoms with Gasteiger partial charge in [-0.25, -0.2) is 4.98 Å². The van der Waals surface area contributed by atoms with E-state index >= 15 is 0 Å². The average Bonchev–Trinajstić information content (AvgIpc) is 3.43. The number of aryl methyl sites for hydroxylation is 1. The van der Waals surface area contributed by atoms with Crippen LogP contribution in [0.5, 0.6) is 5.75 Å². The predicted molar refractivity (Wildman–Crippen MR) is 132 cm³/mol. The van der Waals surface area contributed by atoms with E-state index in [1.54, 1.807) is 7.11 Å². The third-order valence-corrected chi connectivity index (χ3v) is 7.38. The normalized spacial score (nSPS) is 11.2. The SMILES string of the molecule is COc1ccc(-c2cc3nc(CSc4nnc(C)n4Cc4ccccc4)[nH]c(=O)c3s2)cc1. The summed E-state index contributed by atoms with van der Waals surface area (Å²) in [5.41, 5.74) is 2.78. The number of hydrogen-bond acceptors (Lipinski definition) is 7. The van der Waals surface area contributed by atoms with Crippen LogP contribution in [-0.2, 0) is 12.3 Å². The molecule has 9 heteroatoms. The largest absolute Gasteiger partial charge is 0.497 e. The molecular weight excluding hydrogens is 454 g/mol. The quantitative estimate of drug-likeness (QED) is 0.337. The highest BCUT2D eigenvalue weighted by Gasteiger charge is 2.14. The fourth-order valence-corrected chi connectivity index (χ4v) is 5.35. The first-order valence-corrected chi connectivity index (χ1v) is 12.1. The Morgan fingerprint density at radius 2 is 1.88 bits per heavy atom.